The van der Waals surface area contributed by atoms with E-state index in [0.29, 0.717) is 24.2 Å². The number of nitrogens with zero attached hydrogens (tertiary/aromatic N) is 1. The molecule has 1 unspecified atom stereocenters. The van der Waals surface area contributed by atoms with Gasteiger partial charge < -0.3 is 19.9 Å². The molecule has 2 N–H and O–H groups in total. The van der Waals surface area contributed by atoms with Crippen LogP contribution in [0.25, 0.3) is 0 Å². The van der Waals surface area contributed by atoms with Crippen molar-refractivity contribution >= 4 is 5.91 Å². The molecular formula is C18H21N3O3. The van der Waals surface area contributed by atoms with Crippen molar-refractivity contribution in [1.82, 2.24) is 15.2 Å². The van der Waals surface area contributed by atoms with Gasteiger partial charge in [-0.1, -0.05) is 18.2 Å². The van der Waals surface area contributed by atoms with E-state index >= 15 is 0 Å². The minimum Gasteiger partial charge on any atom is -0.496 e. The van der Waals surface area contributed by atoms with Gasteiger partial charge in [-0.2, -0.15) is 0 Å². The fourth-order valence-electron chi connectivity index (χ4n) is 3.13. The number of methoxy groups -OCH3 is 1. The molecule has 0 spiro atoms. The van der Waals surface area contributed by atoms with Crippen LogP contribution in [-0.4, -0.2) is 42.5 Å². The summed E-state index contributed by atoms with van der Waals surface area (Å²) in [5.41, 5.74) is 1.98. The molecule has 1 aromatic carbocycles. The highest BCUT2D eigenvalue weighted by atomic mass is 16.5. The maximum atomic E-state index is 13.1. The van der Waals surface area contributed by atoms with Crippen molar-refractivity contribution in [3.05, 3.63) is 63.6 Å². The Balaban J connectivity index is 1.97. The molecule has 3 rings (SSSR count). The molecule has 24 heavy (non-hydrogen) atoms. The number of amides is 1. The summed E-state index contributed by atoms with van der Waals surface area (Å²) in [4.78, 5) is 28.9. The molecule has 0 saturated carbocycles. The lowest BCUT2D eigenvalue weighted by atomic mass is 10.0. The standard InChI is InChI=1S/C18H21N3O3/c1-12-9-17(22)20-10-14(12)18(23)21-8-7-19-11-15(21)13-5-3-4-6-16(13)24-2/h3-6,9-10,15,19H,7-8,11H2,1-2H3,(H,20,22). The van der Waals surface area contributed by atoms with Crippen LogP contribution in [0.15, 0.2) is 41.3 Å². The summed E-state index contributed by atoms with van der Waals surface area (Å²) in [6, 6.07) is 9.08. The largest absolute Gasteiger partial charge is 0.496 e. The number of para-hydroxylation sites is 1. The fraction of sp³-hybridized carbons (Fsp3) is 0.333. The number of nitrogens with one attached hydrogen (secondary N) is 2. The van der Waals surface area contributed by atoms with Gasteiger partial charge >= 0.3 is 0 Å². The first kappa shape index (κ1) is 16.3. The van der Waals surface area contributed by atoms with E-state index in [4.69, 9.17) is 4.74 Å². The Morgan fingerprint density at radius 2 is 2.12 bits per heavy atom. The summed E-state index contributed by atoms with van der Waals surface area (Å²) in [6.07, 6.45) is 1.50. The number of benzene rings is 1. The number of ether oxygens (including phenoxy) is 1. The SMILES string of the molecule is COc1ccccc1C1CNCCN1C(=O)c1c[nH]c(=O)cc1C. The molecule has 0 aliphatic carbocycles. The number of pyridine rings is 1. The number of H-pyrrole nitrogens is 1. The Morgan fingerprint density at radius 1 is 1.33 bits per heavy atom. The minimum absolute atomic E-state index is 0.0823. The van der Waals surface area contributed by atoms with Crippen LogP contribution in [0.5, 0.6) is 5.75 Å². The lowest BCUT2D eigenvalue weighted by Crippen LogP contribution is -2.49. The Hall–Kier alpha value is -2.60. The quantitative estimate of drug-likeness (QED) is 0.895. The summed E-state index contributed by atoms with van der Waals surface area (Å²) in [5.74, 6) is 0.684. The zero-order valence-electron chi connectivity index (χ0n) is 13.8. The van der Waals surface area contributed by atoms with Gasteiger partial charge in [0, 0.05) is 37.5 Å². The van der Waals surface area contributed by atoms with Crippen molar-refractivity contribution in [3.63, 3.8) is 0 Å². The molecule has 2 heterocycles. The highest BCUT2D eigenvalue weighted by molar-refractivity contribution is 5.95. The molecule has 6 heteroatoms. The van der Waals surface area contributed by atoms with E-state index in [9.17, 15) is 9.59 Å². The molecule has 6 nitrogen and oxygen atoms in total. The van der Waals surface area contributed by atoms with Gasteiger partial charge in [-0.3, -0.25) is 9.59 Å². The summed E-state index contributed by atoms with van der Waals surface area (Å²) < 4.78 is 5.46. The lowest BCUT2D eigenvalue weighted by molar-refractivity contribution is 0.0630. The van der Waals surface area contributed by atoms with Crippen molar-refractivity contribution in [2.45, 2.75) is 13.0 Å². The van der Waals surface area contributed by atoms with Crippen molar-refractivity contribution in [2.24, 2.45) is 0 Å². The average Bonchev–Trinajstić information content (AvgIpc) is 2.61. The summed E-state index contributed by atoms with van der Waals surface area (Å²) in [6.45, 7) is 3.77. The van der Waals surface area contributed by atoms with Crippen molar-refractivity contribution in [1.29, 1.82) is 0 Å². The number of hydrogen-bond acceptors (Lipinski definition) is 4. The first-order valence-corrected chi connectivity index (χ1v) is 7.95. The van der Waals surface area contributed by atoms with Gasteiger partial charge in [0.05, 0.1) is 18.7 Å². The fourth-order valence-corrected chi connectivity index (χ4v) is 3.13. The summed E-state index contributed by atoms with van der Waals surface area (Å²) in [7, 11) is 1.63. The molecule has 0 radical (unpaired) electrons. The zero-order chi connectivity index (χ0) is 17.1. The molecule has 1 aliphatic heterocycles. The minimum atomic E-state index is -0.203. The van der Waals surface area contributed by atoms with Crippen LogP contribution in [-0.2, 0) is 0 Å². The monoisotopic (exact) mass is 327 g/mol. The van der Waals surface area contributed by atoms with E-state index in [1.54, 1.807) is 14.0 Å². The second kappa shape index (κ2) is 6.88. The van der Waals surface area contributed by atoms with Crippen LogP contribution in [0.4, 0.5) is 0 Å². The first-order chi connectivity index (χ1) is 11.6. The number of carbonyl (C=O) groups excluding carboxylic acids is 1. The van der Waals surface area contributed by atoms with Gasteiger partial charge in [0.2, 0.25) is 5.56 Å². The maximum absolute atomic E-state index is 13.1. The van der Waals surface area contributed by atoms with Crippen molar-refractivity contribution in [3.8, 4) is 5.75 Å². The molecule has 126 valence electrons. The molecule has 1 saturated heterocycles. The third-order valence-corrected chi connectivity index (χ3v) is 4.36. The third kappa shape index (κ3) is 3.05. The van der Waals surface area contributed by atoms with Crippen molar-refractivity contribution < 1.29 is 9.53 Å². The second-order valence-corrected chi connectivity index (χ2v) is 5.85. The topological polar surface area (TPSA) is 74.4 Å². The highest BCUT2D eigenvalue weighted by Crippen LogP contribution is 2.31. The van der Waals surface area contributed by atoms with Crippen LogP contribution >= 0.6 is 0 Å². The van der Waals surface area contributed by atoms with Crippen LogP contribution in [0.1, 0.15) is 27.5 Å². The van der Waals surface area contributed by atoms with E-state index in [1.807, 2.05) is 29.2 Å². The third-order valence-electron chi connectivity index (χ3n) is 4.36. The molecule has 1 amide bonds. The van der Waals surface area contributed by atoms with E-state index in [0.717, 1.165) is 17.9 Å². The number of aromatic nitrogens is 1. The van der Waals surface area contributed by atoms with Gasteiger partial charge in [0.25, 0.3) is 5.91 Å². The van der Waals surface area contributed by atoms with Crippen LogP contribution in [0.3, 0.4) is 0 Å². The molecule has 0 bridgehead atoms. The van der Waals surface area contributed by atoms with E-state index < -0.39 is 0 Å². The first-order valence-electron chi connectivity index (χ1n) is 7.95. The predicted octanol–water partition coefficient (Wildman–Crippen LogP) is 1.48. The van der Waals surface area contributed by atoms with Crippen LogP contribution in [0, 0.1) is 6.92 Å². The zero-order valence-corrected chi connectivity index (χ0v) is 13.8. The molecule has 1 aliphatic rings. The maximum Gasteiger partial charge on any atom is 0.256 e. The summed E-state index contributed by atoms with van der Waals surface area (Å²) in [5, 5.41) is 3.34. The number of carbonyl (C=O) groups is 1. The lowest BCUT2D eigenvalue weighted by Gasteiger charge is -2.37. The second-order valence-electron chi connectivity index (χ2n) is 5.85. The van der Waals surface area contributed by atoms with E-state index in [1.165, 1.54) is 12.3 Å². The smallest absolute Gasteiger partial charge is 0.256 e. The molecular weight excluding hydrogens is 306 g/mol. The normalized spacial score (nSPS) is 17.6. The number of piperazine rings is 1. The Bertz CT molecular complexity index is 800. The average molecular weight is 327 g/mol. The molecule has 1 aromatic heterocycles. The molecule has 1 fully saturated rings. The Morgan fingerprint density at radius 3 is 2.88 bits per heavy atom. The summed E-state index contributed by atoms with van der Waals surface area (Å²) >= 11 is 0. The Kier molecular flexibility index (Phi) is 4.66. The van der Waals surface area contributed by atoms with Crippen LogP contribution in [0.2, 0.25) is 0 Å². The van der Waals surface area contributed by atoms with Crippen LogP contribution < -0.4 is 15.6 Å². The molecule has 1 atom stereocenters. The van der Waals surface area contributed by atoms with E-state index in [2.05, 4.69) is 10.3 Å². The number of rotatable bonds is 3. The van der Waals surface area contributed by atoms with Gasteiger partial charge in [-0.25, -0.2) is 0 Å². The predicted molar refractivity (Wildman–Crippen MR) is 91.4 cm³/mol. The highest BCUT2D eigenvalue weighted by Gasteiger charge is 2.31. The Labute approximate surface area is 140 Å². The van der Waals surface area contributed by atoms with Gasteiger partial charge in [-0.05, 0) is 18.6 Å². The van der Waals surface area contributed by atoms with Gasteiger partial charge in [0.1, 0.15) is 5.75 Å². The molecule has 2 aromatic rings. The van der Waals surface area contributed by atoms with Gasteiger partial charge in [0.15, 0.2) is 0 Å². The number of aryl methyl sites for hydroxylation is 1. The number of aromatic amines is 1. The number of hydrogen-bond donors (Lipinski definition) is 2. The van der Waals surface area contributed by atoms with Crippen molar-refractivity contribution in [2.75, 3.05) is 26.7 Å². The van der Waals surface area contributed by atoms with E-state index in [-0.39, 0.29) is 17.5 Å². The van der Waals surface area contributed by atoms with Gasteiger partial charge in [-0.15, -0.1) is 0 Å².